The van der Waals surface area contributed by atoms with Crippen molar-refractivity contribution in [3.8, 4) is 0 Å². The number of carbonyl (C=O) groups is 1. The van der Waals surface area contributed by atoms with E-state index in [9.17, 15) is 4.79 Å². The zero-order valence-electron chi connectivity index (χ0n) is 12.5. The van der Waals surface area contributed by atoms with E-state index in [1.807, 2.05) is 7.05 Å². The second-order valence-electron chi connectivity index (χ2n) is 6.07. The van der Waals surface area contributed by atoms with E-state index >= 15 is 0 Å². The number of nitrogens with one attached hydrogen (secondary N) is 2. The number of anilines is 1. The van der Waals surface area contributed by atoms with E-state index in [1.165, 1.54) is 6.42 Å². The lowest BCUT2D eigenvalue weighted by atomic mass is 9.98. The van der Waals surface area contributed by atoms with E-state index in [0.717, 1.165) is 38.9 Å². The highest BCUT2D eigenvalue weighted by Crippen LogP contribution is 2.39. The van der Waals surface area contributed by atoms with Gasteiger partial charge in [0.15, 0.2) is 0 Å². The predicted molar refractivity (Wildman–Crippen MR) is 78.0 cm³/mol. The number of carbonyl (C=O) groups excluding carboxylic acids is 1. The van der Waals surface area contributed by atoms with Gasteiger partial charge in [-0.15, -0.1) is 5.10 Å². The van der Waals surface area contributed by atoms with Gasteiger partial charge < -0.3 is 9.73 Å². The van der Waals surface area contributed by atoms with Crippen LogP contribution in [0.5, 0.6) is 0 Å². The third kappa shape index (κ3) is 4.01. The molecule has 1 atom stereocenters. The lowest BCUT2D eigenvalue weighted by Crippen LogP contribution is -2.42. The summed E-state index contributed by atoms with van der Waals surface area (Å²) in [6.07, 6.45) is 4.59. The number of rotatable bonds is 6. The first-order valence-corrected chi connectivity index (χ1v) is 7.75. The molecule has 3 rings (SSSR count). The Morgan fingerprint density at radius 3 is 3.00 bits per heavy atom. The zero-order chi connectivity index (χ0) is 14.7. The molecule has 1 aliphatic heterocycles. The predicted octanol–water partition coefficient (Wildman–Crippen LogP) is 0.817. The quantitative estimate of drug-likeness (QED) is 0.808. The molecule has 0 spiro atoms. The Morgan fingerprint density at radius 2 is 2.24 bits per heavy atom. The number of likely N-dealkylation sites (tertiary alicyclic amines) is 1. The maximum Gasteiger partial charge on any atom is 0.322 e. The number of amides is 1. The summed E-state index contributed by atoms with van der Waals surface area (Å²) in [5, 5.41) is 13.8. The summed E-state index contributed by atoms with van der Waals surface area (Å²) in [6, 6.07) is 0.227. The number of piperidine rings is 1. The second-order valence-corrected chi connectivity index (χ2v) is 6.07. The van der Waals surface area contributed by atoms with Gasteiger partial charge in [-0.05, 0) is 51.7 Å². The molecule has 1 unspecified atom stereocenters. The van der Waals surface area contributed by atoms with E-state index in [0.29, 0.717) is 24.3 Å². The first-order valence-electron chi connectivity index (χ1n) is 7.75. The maximum absolute atomic E-state index is 12.0. The van der Waals surface area contributed by atoms with Crippen LogP contribution >= 0.6 is 0 Å². The molecule has 1 saturated heterocycles. The fourth-order valence-corrected chi connectivity index (χ4v) is 2.89. The molecule has 1 aromatic heterocycles. The first-order chi connectivity index (χ1) is 10.2. The molecule has 7 nitrogen and oxygen atoms in total. The molecule has 0 aromatic carbocycles. The van der Waals surface area contributed by atoms with Crippen molar-refractivity contribution in [3.05, 3.63) is 5.89 Å². The summed E-state index contributed by atoms with van der Waals surface area (Å²) >= 11 is 0. The van der Waals surface area contributed by atoms with Crippen molar-refractivity contribution in [2.45, 2.75) is 31.6 Å². The zero-order valence-corrected chi connectivity index (χ0v) is 12.5. The summed E-state index contributed by atoms with van der Waals surface area (Å²) in [5.74, 6) is 1.61. The normalized spacial score (nSPS) is 23.2. The van der Waals surface area contributed by atoms with Crippen LogP contribution < -0.4 is 10.6 Å². The molecule has 0 radical (unpaired) electrons. The molecule has 2 fully saturated rings. The van der Waals surface area contributed by atoms with Crippen molar-refractivity contribution in [2.24, 2.45) is 5.92 Å². The van der Waals surface area contributed by atoms with Gasteiger partial charge in [0.1, 0.15) is 0 Å². The summed E-state index contributed by atoms with van der Waals surface area (Å²) in [4.78, 5) is 14.2. The van der Waals surface area contributed by atoms with Crippen LogP contribution in [0.4, 0.5) is 6.01 Å². The van der Waals surface area contributed by atoms with Gasteiger partial charge in [-0.1, -0.05) is 5.10 Å². The minimum atomic E-state index is -0.0777. The van der Waals surface area contributed by atoms with Gasteiger partial charge in [-0.25, -0.2) is 0 Å². The molecule has 0 bridgehead atoms. The van der Waals surface area contributed by atoms with Crippen molar-refractivity contribution in [2.75, 3.05) is 38.5 Å². The average molecular weight is 293 g/mol. The van der Waals surface area contributed by atoms with Gasteiger partial charge in [-0.2, -0.15) is 0 Å². The lowest BCUT2D eigenvalue weighted by Gasteiger charge is -2.31. The van der Waals surface area contributed by atoms with Crippen LogP contribution in [0.25, 0.3) is 0 Å². The molecule has 2 N–H and O–H groups in total. The topological polar surface area (TPSA) is 83.3 Å². The van der Waals surface area contributed by atoms with E-state index in [1.54, 1.807) is 0 Å². The number of hydrogen-bond acceptors (Lipinski definition) is 6. The number of nitrogens with zero attached hydrogens (tertiary/aromatic N) is 3. The first kappa shape index (κ1) is 14.5. The summed E-state index contributed by atoms with van der Waals surface area (Å²) in [6.45, 7) is 3.34. The highest BCUT2D eigenvalue weighted by molar-refractivity contribution is 5.90. The molecule has 7 heteroatoms. The highest BCUT2D eigenvalue weighted by Gasteiger charge is 2.29. The molecule has 2 aliphatic rings. The van der Waals surface area contributed by atoms with Crippen LogP contribution in [0, 0.1) is 5.92 Å². The van der Waals surface area contributed by atoms with Crippen LogP contribution in [-0.4, -0.2) is 54.2 Å². The lowest BCUT2D eigenvalue weighted by molar-refractivity contribution is -0.117. The second kappa shape index (κ2) is 6.53. The molecule has 21 heavy (non-hydrogen) atoms. The van der Waals surface area contributed by atoms with Crippen molar-refractivity contribution >= 4 is 11.9 Å². The van der Waals surface area contributed by atoms with Crippen LogP contribution in [0.15, 0.2) is 4.42 Å². The van der Waals surface area contributed by atoms with Crippen LogP contribution in [0.1, 0.15) is 37.5 Å². The van der Waals surface area contributed by atoms with Crippen molar-refractivity contribution in [1.29, 1.82) is 0 Å². The Morgan fingerprint density at radius 1 is 1.38 bits per heavy atom. The minimum absolute atomic E-state index is 0.0777. The molecule has 116 valence electrons. The van der Waals surface area contributed by atoms with Gasteiger partial charge in [0.25, 0.3) is 0 Å². The Bertz CT molecular complexity index is 483. The fourth-order valence-electron chi connectivity index (χ4n) is 2.89. The number of aromatic nitrogens is 2. The molecular weight excluding hydrogens is 270 g/mol. The average Bonchev–Trinajstić information content (AvgIpc) is 3.20. The Hall–Kier alpha value is -1.47. The highest BCUT2D eigenvalue weighted by atomic mass is 16.4. The summed E-state index contributed by atoms with van der Waals surface area (Å²) in [7, 11) is 1.97. The molecular formula is C14H23N5O2. The van der Waals surface area contributed by atoms with E-state index < -0.39 is 0 Å². The molecule has 1 amide bonds. The van der Waals surface area contributed by atoms with Gasteiger partial charge in [0.2, 0.25) is 11.8 Å². The van der Waals surface area contributed by atoms with Crippen LogP contribution in [0.2, 0.25) is 0 Å². The van der Waals surface area contributed by atoms with Crippen molar-refractivity contribution in [3.63, 3.8) is 0 Å². The fraction of sp³-hybridized carbons (Fsp3) is 0.786. The van der Waals surface area contributed by atoms with Crippen LogP contribution in [-0.2, 0) is 4.79 Å². The van der Waals surface area contributed by atoms with Gasteiger partial charge in [0, 0.05) is 12.5 Å². The van der Waals surface area contributed by atoms with Gasteiger partial charge in [0.05, 0.1) is 6.54 Å². The standard InChI is InChI=1S/C14H23N5O2/c1-15-7-10-3-2-6-19(8-10)9-12(20)16-14-18-17-13(21-14)11-4-5-11/h10-11,15H,2-9H2,1H3,(H,16,18,20). The van der Waals surface area contributed by atoms with E-state index in [4.69, 9.17) is 4.42 Å². The molecule has 1 aromatic rings. The Labute approximate surface area is 124 Å². The third-order valence-electron chi connectivity index (χ3n) is 4.08. The van der Waals surface area contributed by atoms with Gasteiger partial charge >= 0.3 is 6.01 Å². The minimum Gasteiger partial charge on any atom is -0.408 e. The third-order valence-corrected chi connectivity index (χ3v) is 4.08. The number of hydrogen-bond donors (Lipinski definition) is 2. The largest absolute Gasteiger partial charge is 0.408 e. The van der Waals surface area contributed by atoms with E-state index in [-0.39, 0.29) is 11.9 Å². The molecule has 2 heterocycles. The summed E-state index contributed by atoms with van der Waals surface area (Å²) in [5.41, 5.74) is 0. The SMILES string of the molecule is CNCC1CCCN(CC(=O)Nc2nnc(C3CC3)o2)C1. The summed E-state index contributed by atoms with van der Waals surface area (Å²) < 4.78 is 5.44. The Kier molecular flexibility index (Phi) is 4.50. The maximum atomic E-state index is 12.0. The van der Waals surface area contributed by atoms with Crippen LogP contribution in [0.3, 0.4) is 0 Å². The van der Waals surface area contributed by atoms with Crippen molar-refractivity contribution < 1.29 is 9.21 Å². The molecule has 1 aliphatic carbocycles. The van der Waals surface area contributed by atoms with E-state index in [2.05, 4.69) is 25.7 Å². The smallest absolute Gasteiger partial charge is 0.322 e. The molecule has 1 saturated carbocycles. The monoisotopic (exact) mass is 293 g/mol. The Balaban J connectivity index is 1.46. The van der Waals surface area contributed by atoms with Crippen molar-refractivity contribution in [1.82, 2.24) is 20.4 Å². The van der Waals surface area contributed by atoms with Gasteiger partial charge in [-0.3, -0.25) is 15.0 Å².